The Labute approximate surface area is 106 Å². The number of halogens is 1. The van der Waals surface area contributed by atoms with Crippen LogP contribution >= 0.6 is 11.6 Å². The lowest BCUT2D eigenvalue weighted by molar-refractivity contribution is 0.315. The van der Waals surface area contributed by atoms with Crippen molar-refractivity contribution in [1.29, 1.82) is 0 Å². The summed E-state index contributed by atoms with van der Waals surface area (Å²) >= 11 is 5.92. The van der Waals surface area contributed by atoms with Gasteiger partial charge < -0.3 is 9.30 Å². The molecule has 0 saturated carbocycles. The summed E-state index contributed by atoms with van der Waals surface area (Å²) in [5.41, 5.74) is 1.09. The van der Waals surface area contributed by atoms with Crippen LogP contribution < -0.4 is 4.74 Å². The molecule has 90 valence electrons. The van der Waals surface area contributed by atoms with Gasteiger partial charge in [0.05, 0.1) is 6.61 Å². The van der Waals surface area contributed by atoms with Crippen molar-refractivity contribution in [3.05, 3.63) is 47.0 Å². The van der Waals surface area contributed by atoms with E-state index in [0.29, 0.717) is 11.6 Å². The molecular weight excluding hydrogens is 236 g/mol. The maximum absolute atomic E-state index is 5.92. The maximum atomic E-state index is 5.92. The molecule has 0 unspecified atom stereocenters. The van der Waals surface area contributed by atoms with Crippen LogP contribution in [0.5, 0.6) is 5.75 Å². The van der Waals surface area contributed by atoms with Crippen molar-refractivity contribution in [3.63, 3.8) is 0 Å². The van der Waals surface area contributed by atoms with Crippen LogP contribution in [0.15, 0.2) is 30.6 Å². The number of benzene rings is 1. The minimum absolute atomic E-state index is 0.603. The van der Waals surface area contributed by atoms with Crippen molar-refractivity contribution in [2.45, 2.75) is 13.3 Å². The van der Waals surface area contributed by atoms with Crippen LogP contribution in [0, 0.1) is 6.92 Å². The minimum Gasteiger partial charge on any atom is -0.493 e. The molecule has 0 aliphatic heterocycles. The standard InChI is InChI=1S/C13H15ClN2O/c1-10-3-4-11(14)9-12(10)17-8-5-13-15-6-7-16(13)2/h3-4,6-7,9H,5,8H2,1-2H3. The molecule has 2 rings (SSSR count). The van der Waals surface area contributed by atoms with Crippen molar-refractivity contribution in [2.75, 3.05) is 6.61 Å². The van der Waals surface area contributed by atoms with E-state index in [2.05, 4.69) is 4.98 Å². The molecule has 3 nitrogen and oxygen atoms in total. The van der Waals surface area contributed by atoms with Crippen LogP contribution in [0.3, 0.4) is 0 Å². The van der Waals surface area contributed by atoms with Crippen molar-refractivity contribution >= 4 is 11.6 Å². The fraction of sp³-hybridized carbons (Fsp3) is 0.308. The Bertz CT molecular complexity index is 508. The Balaban J connectivity index is 1.94. The Morgan fingerprint density at radius 1 is 1.41 bits per heavy atom. The van der Waals surface area contributed by atoms with Crippen molar-refractivity contribution in [3.8, 4) is 5.75 Å². The number of rotatable bonds is 4. The molecule has 1 aromatic heterocycles. The van der Waals surface area contributed by atoms with Crippen LogP contribution in [0.2, 0.25) is 5.02 Å². The quantitative estimate of drug-likeness (QED) is 0.834. The fourth-order valence-electron chi connectivity index (χ4n) is 1.62. The summed E-state index contributed by atoms with van der Waals surface area (Å²) in [4.78, 5) is 4.24. The van der Waals surface area contributed by atoms with E-state index in [1.54, 1.807) is 6.20 Å². The van der Waals surface area contributed by atoms with Crippen LogP contribution in [0.4, 0.5) is 0 Å². The van der Waals surface area contributed by atoms with Gasteiger partial charge in [-0.2, -0.15) is 0 Å². The SMILES string of the molecule is Cc1ccc(Cl)cc1OCCc1nccn1C. The average molecular weight is 251 g/mol. The highest BCUT2D eigenvalue weighted by molar-refractivity contribution is 6.30. The smallest absolute Gasteiger partial charge is 0.123 e. The van der Waals surface area contributed by atoms with Gasteiger partial charge in [-0.1, -0.05) is 17.7 Å². The molecule has 1 heterocycles. The monoisotopic (exact) mass is 250 g/mol. The number of ether oxygens (including phenoxy) is 1. The molecule has 0 spiro atoms. The van der Waals surface area contributed by atoms with E-state index in [4.69, 9.17) is 16.3 Å². The molecular formula is C13H15ClN2O. The topological polar surface area (TPSA) is 27.1 Å². The van der Waals surface area contributed by atoms with E-state index >= 15 is 0 Å². The number of aromatic nitrogens is 2. The number of hydrogen-bond donors (Lipinski definition) is 0. The summed E-state index contributed by atoms with van der Waals surface area (Å²) in [5.74, 6) is 1.86. The van der Waals surface area contributed by atoms with E-state index in [1.165, 1.54) is 0 Å². The molecule has 0 atom stereocenters. The third kappa shape index (κ3) is 3.01. The maximum Gasteiger partial charge on any atom is 0.123 e. The largest absolute Gasteiger partial charge is 0.493 e. The molecule has 0 bridgehead atoms. The fourth-order valence-corrected chi connectivity index (χ4v) is 1.78. The molecule has 4 heteroatoms. The number of aryl methyl sites for hydroxylation is 2. The highest BCUT2D eigenvalue weighted by Crippen LogP contribution is 2.22. The predicted octanol–water partition coefficient (Wildman–Crippen LogP) is 3.00. The van der Waals surface area contributed by atoms with E-state index in [9.17, 15) is 0 Å². The highest BCUT2D eigenvalue weighted by atomic mass is 35.5. The Kier molecular flexibility index (Phi) is 3.69. The molecule has 2 aromatic rings. The summed E-state index contributed by atoms with van der Waals surface area (Å²) in [6.45, 7) is 2.61. The average Bonchev–Trinajstić information content (AvgIpc) is 2.70. The summed E-state index contributed by atoms with van der Waals surface area (Å²) in [6, 6.07) is 5.66. The van der Waals surface area contributed by atoms with Gasteiger partial charge in [0.1, 0.15) is 11.6 Å². The molecule has 0 radical (unpaired) electrons. The Morgan fingerprint density at radius 2 is 2.24 bits per heavy atom. The molecule has 0 fully saturated rings. The first-order chi connectivity index (χ1) is 8.16. The summed E-state index contributed by atoms with van der Waals surface area (Å²) in [6.07, 6.45) is 4.51. The summed E-state index contributed by atoms with van der Waals surface area (Å²) in [7, 11) is 1.98. The first kappa shape index (κ1) is 12.0. The molecule has 0 saturated heterocycles. The first-order valence-corrected chi connectivity index (χ1v) is 5.90. The van der Waals surface area contributed by atoms with Gasteiger partial charge in [0.2, 0.25) is 0 Å². The van der Waals surface area contributed by atoms with Gasteiger partial charge in [0.25, 0.3) is 0 Å². The second kappa shape index (κ2) is 5.23. The van der Waals surface area contributed by atoms with Crippen molar-refractivity contribution in [2.24, 2.45) is 7.05 Å². The van der Waals surface area contributed by atoms with Gasteiger partial charge >= 0.3 is 0 Å². The number of hydrogen-bond acceptors (Lipinski definition) is 2. The first-order valence-electron chi connectivity index (χ1n) is 5.52. The zero-order valence-electron chi connectivity index (χ0n) is 9.98. The third-order valence-electron chi connectivity index (χ3n) is 2.65. The van der Waals surface area contributed by atoms with Gasteiger partial charge in [-0.15, -0.1) is 0 Å². The third-order valence-corrected chi connectivity index (χ3v) is 2.89. The second-order valence-electron chi connectivity index (χ2n) is 3.96. The van der Waals surface area contributed by atoms with Gasteiger partial charge in [-0.3, -0.25) is 0 Å². The highest BCUT2D eigenvalue weighted by Gasteiger charge is 2.03. The van der Waals surface area contributed by atoms with Gasteiger partial charge in [-0.25, -0.2) is 4.98 Å². The zero-order valence-corrected chi connectivity index (χ0v) is 10.7. The van der Waals surface area contributed by atoms with Gasteiger partial charge in [-0.05, 0) is 24.6 Å². The second-order valence-corrected chi connectivity index (χ2v) is 4.40. The molecule has 1 aromatic carbocycles. The molecule has 0 aliphatic rings. The lowest BCUT2D eigenvalue weighted by atomic mass is 10.2. The van der Waals surface area contributed by atoms with Crippen LogP contribution in [-0.4, -0.2) is 16.2 Å². The lowest BCUT2D eigenvalue weighted by Gasteiger charge is -2.09. The molecule has 17 heavy (non-hydrogen) atoms. The molecule has 0 aliphatic carbocycles. The van der Waals surface area contributed by atoms with Crippen molar-refractivity contribution < 1.29 is 4.74 Å². The zero-order chi connectivity index (χ0) is 12.3. The summed E-state index contributed by atoms with van der Waals surface area (Å²) < 4.78 is 7.70. The van der Waals surface area contributed by atoms with Crippen molar-refractivity contribution in [1.82, 2.24) is 9.55 Å². The lowest BCUT2D eigenvalue weighted by Crippen LogP contribution is -2.06. The minimum atomic E-state index is 0.603. The molecule has 0 N–H and O–H groups in total. The Hall–Kier alpha value is -1.48. The molecule has 0 amide bonds. The van der Waals surface area contributed by atoms with Gasteiger partial charge in [0, 0.05) is 30.9 Å². The van der Waals surface area contributed by atoms with E-state index in [0.717, 1.165) is 23.6 Å². The summed E-state index contributed by atoms with van der Waals surface area (Å²) in [5, 5.41) is 0.697. The number of nitrogens with zero attached hydrogens (tertiary/aromatic N) is 2. The van der Waals surface area contributed by atoms with Crippen LogP contribution in [0.25, 0.3) is 0 Å². The predicted molar refractivity (Wildman–Crippen MR) is 68.6 cm³/mol. The van der Waals surface area contributed by atoms with Crippen LogP contribution in [-0.2, 0) is 13.5 Å². The Morgan fingerprint density at radius 3 is 2.94 bits per heavy atom. The van der Waals surface area contributed by atoms with E-state index in [1.807, 2.05) is 42.9 Å². The normalized spacial score (nSPS) is 10.5. The van der Waals surface area contributed by atoms with E-state index in [-0.39, 0.29) is 0 Å². The van der Waals surface area contributed by atoms with E-state index < -0.39 is 0 Å². The number of imidazole rings is 1. The van der Waals surface area contributed by atoms with Crippen LogP contribution in [0.1, 0.15) is 11.4 Å². The van der Waals surface area contributed by atoms with Gasteiger partial charge in [0.15, 0.2) is 0 Å².